The van der Waals surface area contributed by atoms with Gasteiger partial charge in [0.05, 0.1) is 11.3 Å². The van der Waals surface area contributed by atoms with Crippen LogP contribution in [0.15, 0.2) is 59.5 Å². The minimum absolute atomic E-state index is 0.0318. The van der Waals surface area contributed by atoms with E-state index in [1.165, 1.54) is 23.9 Å². The largest absolute Gasteiger partial charge is 0.454 e. The number of Topliss-reactive ketones (excluding diaryl/α,β-unsaturated/α-hetero) is 1. The SMILES string of the molecule is Cc1cc(C(=O)COC(=O)c2ccccc2SCC(=O)NC(C)C)c(C)n1-c1ccc(F)cc1. The number of carbonyl (C=O) groups is 3. The van der Waals surface area contributed by atoms with Crippen molar-refractivity contribution in [3.63, 3.8) is 0 Å². The van der Waals surface area contributed by atoms with E-state index in [0.29, 0.717) is 21.7 Å². The fourth-order valence-electron chi connectivity index (χ4n) is 3.59. The summed E-state index contributed by atoms with van der Waals surface area (Å²) >= 11 is 1.23. The maximum absolute atomic E-state index is 13.3. The molecule has 0 spiro atoms. The van der Waals surface area contributed by atoms with Crippen LogP contribution in [0.3, 0.4) is 0 Å². The van der Waals surface area contributed by atoms with Crippen LogP contribution in [0.25, 0.3) is 5.69 Å². The number of amides is 1. The lowest BCUT2D eigenvalue weighted by Gasteiger charge is -2.11. The van der Waals surface area contributed by atoms with E-state index in [9.17, 15) is 18.8 Å². The summed E-state index contributed by atoms with van der Waals surface area (Å²) in [6.07, 6.45) is 0. The second-order valence-corrected chi connectivity index (χ2v) is 9.12. The first kappa shape index (κ1) is 25.2. The van der Waals surface area contributed by atoms with Crippen LogP contribution in [0.5, 0.6) is 0 Å². The van der Waals surface area contributed by atoms with Gasteiger partial charge in [-0.2, -0.15) is 0 Å². The van der Waals surface area contributed by atoms with Gasteiger partial charge >= 0.3 is 5.97 Å². The molecular formula is C26H27FN2O4S. The number of benzene rings is 2. The molecule has 1 heterocycles. The highest BCUT2D eigenvalue weighted by atomic mass is 32.2. The van der Waals surface area contributed by atoms with E-state index < -0.39 is 12.6 Å². The number of ether oxygens (including phenoxy) is 1. The van der Waals surface area contributed by atoms with Crippen molar-refractivity contribution >= 4 is 29.4 Å². The van der Waals surface area contributed by atoms with Crippen molar-refractivity contribution in [3.8, 4) is 5.69 Å². The van der Waals surface area contributed by atoms with Crippen molar-refractivity contribution in [1.29, 1.82) is 0 Å². The first-order valence-corrected chi connectivity index (χ1v) is 11.8. The Kier molecular flexibility index (Phi) is 8.28. The van der Waals surface area contributed by atoms with E-state index in [1.807, 2.05) is 25.3 Å². The highest BCUT2D eigenvalue weighted by molar-refractivity contribution is 8.00. The lowest BCUT2D eigenvalue weighted by molar-refractivity contribution is -0.119. The maximum atomic E-state index is 13.3. The fourth-order valence-corrected chi connectivity index (χ4v) is 4.44. The predicted molar refractivity (Wildman–Crippen MR) is 130 cm³/mol. The van der Waals surface area contributed by atoms with Gasteiger partial charge in [0.1, 0.15) is 5.82 Å². The third-order valence-corrected chi connectivity index (χ3v) is 6.14. The summed E-state index contributed by atoms with van der Waals surface area (Å²) in [5.74, 6) is -1.27. The molecule has 3 rings (SSSR count). The Hall–Kier alpha value is -3.39. The molecule has 1 amide bonds. The lowest BCUT2D eigenvalue weighted by atomic mass is 10.1. The van der Waals surface area contributed by atoms with Crippen molar-refractivity contribution in [2.24, 2.45) is 0 Å². The van der Waals surface area contributed by atoms with Gasteiger partial charge in [0.25, 0.3) is 0 Å². The van der Waals surface area contributed by atoms with Gasteiger partial charge in [-0.25, -0.2) is 9.18 Å². The topological polar surface area (TPSA) is 77.4 Å². The van der Waals surface area contributed by atoms with Crippen LogP contribution in [0.1, 0.15) is 46.0 Å². The molecule has 0 saturated carbocycles. The summed E-state index contributed by atoms with van der Waals surface area (Å²) in [5, 5.41) is 2.81. The molecule has 3 aromatic rings. The second kappa shape index (κ2) is 11.2. The second-order valence-electron chi connectivity index (χ2n) is 8.10. The van der Waals surface area contributed by atoms with Crippen LogP contribution < -0.4 is 5.32 Å². The molecule has 0 fully saturated rings. The van der Waals surface area contributed by atoms with Crippen LogP contribution >= 0.6 is 11.8 Å². The number of carbonyl (C=O) groups excluding carboxylic acids is 3. The van der Waals surface area contributed by atoms with Crippen molar-refractivity contribution in [2.45, 2.75) is 38.6 Å². The molecule has 0 aliphatic heterocycles. The number of thioether (sulfide) groups is 1. The van der Waals surface area contributed by atoms with Crippen molar-refractivity contribution in [1.82, 2.24) is 9.88 Å². The molecule has 1 N–H and O–H groups in total. The molecule has 8 heteroatoms. The number of hydrogen-bond donors (Lipinski definition) is 1. The molecule has 6 nitrogen and oxygen atoms in total. The summed E-state index contributed by atoms with van der Waals surface area (Å²) in [7, 11) is 0. The van der Waals surface area contributed by atoms with Crippen molar-refractivity contribution in [2.75, 3.05) is 12.4 Å². The third-order valence-electron chi connectivity index (χ3n) is 5.07. The monoisotopic (exact) mass is 482 g/mol. The maximum Gasteiger partial charge on any atom is 0.339 e. The van der Waals surface area contributed by atoms with Crippen molar-refractivity contribution < 1.29 is 23.5 Å². The van der Waals surface area contributed by atoms with Gasteiger partial charge in [-0.1, -0.05) is 12.1 Å². The highest BCUT2D eigenvalue weighted by Gasteiger charge is 2.20. The molecule has 0 saturated heterocycles. The average Bonchev–Trinajstić information content (AvgIpc) is 3.10. The minimum Gasteiger partial charge on any atom is -0.454 e. The standard InChI is InChI=1S/C26H27FN2O4S/c1-16(2)28-25(31)15-34-24-8-6-5-7-21(24)26(32)33-14-23(30)22-13-17(3)29(18(22)4)20-11-9-19(27)10-12-20/h5-13,16H,14-15H2,1-4H3,(H,28,31). The molecule has 0 aliphatic carbocycles. The summed E-state index contributed by atoms with van der Waals surface area (Å²) in [5.41, 5.74) is 2.95. The summed E-state index contributed by atoms with van der Waals surface area (Å²) in [6, 6.07) is 14.6. The van der Waals surface area contributed by atoms with Crippen LogP contribution in [0.4, 0.5) is 4.39 Å². The molecule has 0 radical (unpaired) electrons. The van der Waals surface area contributed by atoms with Gasteiger partial charge in [0.2, 0.25) is 11.7 Å². The minimum atomic E-state index is -0.631. The van der Waals surface area contributed by atoms with Gasteiger partial charge in [0, 0.05) is 33.6 Å². The van der Waals surface area contributed by atoms with Crippen LogP contribution in [-0.4, -0.2) is 40.6 Å². The number of nitrogens with one attached hydrogen (secondary N) is 1. The van der Waals surface area contributed by atoms with E-state index in [1.54, 1.807) is 49.4 Å². The van der Waals surface area contributed by atoms with Gasteiger partial charge in [0.15, 0.2) is 6.61 Å². The summed E-state index contributed by atoms with van der Waals surface area (Å²) < 4.78 is 20.5. The third kappa shape index (κ3) is 6.14. The van der Waals surface area contributed by atoms with E-state index in [2.05, 4.69) is 5.32 Å². The van der Waals surface area contributed by atoms with Gasteiger partial charge in [-0.3, -0.25) is 9.59 Å². The molecule has 0 bridgehead atoms. The number of aryl methyl sites for hydroxylation is 1. The smallest absolute Gasteiger partial charge is 0.339 e. The Balaban J connectivity index is 1.68. The number of nitrogens with zero attached hydrogens (tertiary/aromatic N) is 1. The van der Waals surface area contributed by atoms with E-state index >= 15 is 0 Å². The molecule has 2 aromatic carbocycles. The number of ketones is 1. The van der Waals surface area contributed by atoms with E-state index in [0.717, 1.165) is 11.4 Å². The number of rotatable bonds is 9. The average molecular weight is 483 g/mol. The van der Waals surface area contributed by atoms with Gasteiger partial charge < -0.3 is 14.6 Å². The molecule has 1 aromatic heterocycles. The number of halogens is 1. The van der Waals surface area contributed by atoms with E-state index in [-0.39, 0.29) is 29.3 Å². The highest BCUT2D eigenvalue weighted by Crippen LogP contribution is 2.24. The first-order valence-electron chi connectivity index (χ1n) is 10.8. The lowest BCUT2D eigenvalue weighted by Crippen LogP contribution is -2.31. The number of aromatic nitrogens is 1. The Morgan fingerprint density at radius 3 is 2.38 bits per heavy atom. The Labute approximate surface area is 202 Å². The Bertz CT molecular complexity index is 1200. The van der Waals surface area contributed by atoms with E-state index in [4.69, 9.17) is 4.74 Å². The summed E-state index contributed by atoms with van der Waals surface area (Å²) in [6.45, 7) is 6.98. The molecule has 34 heavy (non-hydrogen) atoms. The number of hydrogen-bond acceptors (Lipinski definition) is 5. The normalized spacial score (nSPS) is 10.9. The Morgan fingerprint density at radius 1 is 1.03 bits per heavy atom. The van der Waals surface area contributed by atoms with Crippen molar-refractivity contribution in [3.05, 3.63) is 82.9 Å². The van der Waals surface area contributed by atoms with Gasteiger partial charge in [-0.15, -0.1) is 11.8 Å². The van der Waals surface area contributed by atoms with Crippen LogP contribution in [0.2, 0.25) is 0 Å². The zero-order valence-electron chi connectivity index (χ0n) is 19.6. The first-order chi connectivity index (χ1) is 16.2. The molecular weight excluding hydrogens is 455 g/mol. The predicted octanol–water partition coefficient (Wildman–Crippen LogP) is 4.89. The quantitative estimate of drug-likeness (QED) is 0.267. The molecule has 178 valence electrons. The zero-order valence-corrected chi connectivity index (χ0v) is 20.4. The Morgan fingerprint density at radius 2 is 1.71 bits per heavy atom. The molecule has 0 aliphatic rings. The van der Waals surface area contributed by atoms with Crippen LogP contribution in [0, 0.1) is 19.7 Å². The number of esters is 1. The van der Waals surface area contributed by atoms with Crippen LogP contribution in [-0.2, 0) is 9.53 Å². The fraction of sp³-hybridized carbons (Fsp3) is 0.269. The molecule has 0 unspecified atom stereocenters. The van der Waals surface area contributed by atoms with Gasteiger partial charge in [-0.05, 0) is 70.2 Å². The molecule has 0 atom stereocenters. The zero-order chi connectivity index (χ0) is 24.8. The summed E-state index contributed by atoms with van der Waals surface area (Å²) in [4.78, 5) is 38.1.